The molecule has 0 heterocycles. The predicted octanol–water partition coefficient (Wildman–Crippen LogP) is 0.877. The fraction of sp³-hybridized carbons (Fsp3) is 0. The topological polar surface area (TPSA) is 0 Å². The molecule has 5 heavy (non-hydrogen) atoms. The van der Waals surface area contributed by atoms with Crippen molar-refractivity contribution in [2.24, 2.45) is 0 Å². The van der Waals surface area contributed by atoms with Crippen LogP contribution in [0.3, 0.4) is 0 Å². The summed E-state index contributed by atoms with van der Waals surface area (Å²) in [4.78, 5) is 0. The molecule has 0 atom stereocenters. The summed E-state index contributed by atoms with van der Waals surface area (Å²) in [6, 6.07) is 0. The normalized spacial score (nSPS) is 0. The van der Waals surface area contributed by atoms with E-state index in [0.29, 0.717) is 0 Å². The van der Waals surface area contributed by atoms with E-state index in [2.05, 4.69) is 0 Å². The SMILES string of the molecule is Cl.F.F.F.[Ti]. The van der Waals surface area contributed by atoms with Crippen LogP contribution in [0.15, 0.2) is 0 Å². The second-order valence-corrected chi connectivity index (χ2v) is 0. The van der Waals surface area contributed by atoms with Crippen molar-refractivity contribution in [1.29, 1.82) is 0 Å². The van der Waals surface area contributed by atoms with Crippen LogP contribution in [0, 0.1) is 0 Å². The van der Waals surface area contributed by atoms with Gasteiger partial charge in [-0.05, 0) is 0 Å². The first-order valence-electron chi connectivity index (χ1n) is 0. The minimum Gasteiger partial charge on any atom is -0.269 e. The molecule has 0 unspecified atom stereocenters. The van der Waals surface area contributed by atoms with E-state index in [1.807, 2.05) is 0 Å². The van der Waals surface area contributed by atoms with Gasteiger partial charge < -0.3 is 0 Å². The molecule has 0 nitrogen and oxygen atoms in total. The minimum absolute atomic E-state index is 0. The van der Waals surface area contributed by atoms with Gasteiger partial charge in [-0.3, -0.25) is 14.1 Å². The van der Waals surface area contributed by atoms with Gasteiger partial charge in [0.1, 0.15) is 0 Å². The standard InChI is InChI=1S/ClH.3FH.Ti/h4*1H;. The van der Waals surface area contributed by atoms with E-state index >= 15 is 0 Å². The summed E-state index contributed by atoms with van der Waals surface area (Å²) in [5, 5.41) is 0. The summed E-state index contributed by atoms with van der Waals surface area (Å²) in [7, 11) is 0. The largest absolute Gasteiger partial charge is 0.269 e. The first kappa shape index (κ1) is 211. The Morgan fingerprint density at radius 3 is 0.600 bits per heavy atom. The minimum atomic E-state index is 0. The third-order valence-electron chi connectivity index (χ3n) is 0. The molecule has 0 fully saturated rings. The first-order chi connectivity index (χ1) is 0. The third kappa shape index (κ3) is 59.3. The Bertz CT molecular complexity index is 6.85. The van der Waals surface area contributed by atoms with Gasteiger partial charge in [-0.1, -0.05) is 0 Å². The van der Waals surface area contributed by atoms with E-state index in [1.54, 1.807) is 0 Å². The fourth-order valence-corrected chi connectivity index (χ4v) is 0. The van der Waals surface area contributed by atoms with Crippen LogP contribution in [0.1, 0.15) is 0 Å². The van der Waals surface area contributed by atoms with Crippen molar-refractivity contribution >= 4 is 12.4 Å². The average molecular weight is 144 g/mol. The summed E-state index contributed by atoms with van der Waals surface area (Å²) in [5.74, 6) is 0. The Morgan fingerprint density at radius 2 is 0.600 bits per heavy atom. The fourth-order valence-electron chi connectivity index (χ4n) is 0. The molecule has 0 aliphatic heterocycles. The smallest absolute Gasteiger partial charge is 0 e. The zero-order valence-corrected chi connectivity index (χ0v) is 4.51. The summed E-state index contributed by atoms with van der Waals surface area (Å²) in [6.45, 7) is 0. The van der Waals surface area contributed by atoms with E-state index in [1.165, 1.54) is 0 Å². The van der Waals surface area contributed by atoms with Crippen LogP contribution in [0.25, 0.3) is 0 Å². The Labute approximate surface area is 48.7 Å². The Kier molecular flexibility index (Phi) is 4620. The van der Waals surface area contributed by atoms with Gasteiger partial charge in [0.15, 0.2) is 0 Å². The van der Waals surface area contributed by atoms with Gasteiger partial charge in [0.2, 0.25) is 0 Å². The molecule has 0 aromatic heterocycles. The van der Waals surface area contributed by atoms with Gasteiger partial charge >= 0.3 is 0 Å². The molecule has 0 rings (SSSR count). The maximum atomic E-state index is 0. The van der Waals surface area contributed by atoms with Gasteiger partial charge in [0, 0.05) is 21.7 Å². The van der Waals surface area contributed by atoms with Crippen LogP contribution >= 0.6 is 12.4 Å². The number of rotatable bonds is 0. The van der Waals surface area contributed by atoms with Crippen LogP contribution in [0.2, 0.25) is 0 Å². The molecule has 0 saturated carbocycles. The number of hydrogen-bond acceptors (Lipinski definition) is 0. The molecule has 0 spiro atoms. The molecule has 0 aliphatic carbocycles. The van der Waals surface area contributed by atoms with Crippen LogP contribution in [-0.2, 0) is 21.7 Å². The van der Waals surface area contributed by atoms with Gasteiger partial charge in [0.25, 0.3) is 0 Å². The van der Waals surface area contributed by atoms with Crippen molar-refractivity contribution in [3.05, 3.63) is 0 Å². The quantitative estimate of drug-likeness (QED) is 0.443. The van der Waals surface area contributed by atoms with E-state index < -0.39 is 0 Å². The van der Waals surface area contributed by atoms with Crippen molar-refractivity contribution in [2.45, 2.75) is 0 Å². The maximum Gasteiger partial charge on any atom is 0 e. The van der Waals surface area contributed by atoms with Crippen LogP contribution in [-0.4, -0.2) is 0 Å². The molecule has 5 heteroatoms. The zero-order chi connectivity index (χ0) is 0. The van der Waals surface area contributed by atoms with Crippen molar-refractivity contribution in [1.82, 2.24) is 0 Å². The van der Waals surface area contributed by atoms with E-state index in [9.17, 15) is 0 Å². The Morgan fingerprint density at radius 1 is 0.600 bits per heavy atom. The number of halogens is 4. The van der Waals surface area contributed by atoms with Gasteiger partial charge in [0.05, 0.1) is 0 Å². The molecule has 0 aromatic carbocycles. The average Bonchev–Trinajstić information content (AvgIpc) is 0. The molecule has 0 saturated heterocycles. The van der Waals surface area contributed by atoms with Crippen molar-refractivity contribution in [3.63, 3.8) is 0 Å². The number of hydrogen-bond donors (Lipinski definition) is 0. The molecule has 36 valence electrons. The summed E-state index contributed by atoms with van der Waals surface area (Å²) < 4.78 is 0. The van der Waals surface area contributed by atoms with Gasteiger partial charge in [-0.2, -0.15) is 0 Å². The molecule has 0 aliphatic rings. The van der Waals surface area contributed by atoms with E-state index in [-0.39, 0.29) is 48.2 Å². The summed E-state index contributed by atoms with van der Waals surface area (Å²) in [6.07, 6.45) is 0. The predicted molar refractivity (Wildman–Crippen MR) is 14.8 cm³/mol. The summed E-state index contributed by atoms with van der Waals surface area (Å²) >= 11 is 0. The molecule has 0 amide bonds. The van der Waals surface area contributed by atoms with Gasteiger partial charge in [-0.25, -0.2) is 0 Å². The van der Waals surface area contributed by atoms with Crippen molar-refractivity contribution in [2.75, 3.05) is 0 Å². The monoisotopic (exact) mass is 144 g/mol. The summed E-state index contributed by atoms with van der Waals surface area (Å²) in [5.41, 5.74) is 0. The Hall–Kier alpha value is 0.794. The molecular formula is H4ClF3Ti. The van der Waals surface area contributed by atoms with E-state index in [0.717, 1.165) is 0 Å². The van der Waals surface area contributed by atoms with Crippen LogP contribution < -0.4 is 0 Å². The van der Waals surface area contributed by atoms with Crippen LogP contribution in [0.5, 0.6) is 0 Å². The first-order valence-corrected chi connectivity index (χ1v) is 0. The van der Waals surface area contributed by atoms with Crippen LogP contribution in [0.4, 0.5) is 14.1 Å². The van der Waals surface area contributed by atoms with Crippen molar-refractivity contribution < 1.29 is 35.8 Å². The molecule has 0 radical (unpaired) electrons. The second kappa shape index (κ2) is 109. The van der Waals surface area contributed by atoms with Gasteiger partial charge in [-0.15, -0.1) is 12.4 Å². The molecule has 0 aromatic rings. The second-order valence-electron chi connectivity index (χ2n) is 0. The van der Waals surface area contributed by atoms with Crippen molar-refractivity contribution in [3.8, 4) is 0 Å². The Balaban J connectivity index is 0. The maximum absolute atomic E-state index is 0. The molecule has 0 N–H and O–H groups in total. The molecular weight excluding hydrogens is 140 g/mol. The van der Waals surface area contributed by atoms with E-state index in [4.69, 9.17) is 0 Å². The third-order valence-corrected chi connectivity index (χ3v) is 0. The molecule has 0 bridgehead atoms. The zero-order valence-electron chi connectivity index (χ0n) is 2.13.